The second-order valence-corrected chi connectivity index (χ2v) is 5.35. The van der Waals surface area contributed by atoms with Gasteiger partial charge in [-0.25, -0.2) is 4.98 Å². The van der Waals surface area contributed by atoms with E-state index in [1.807, 2.05) is 32.0 Å². The van der Waals surface area contributed by atoms with E-state index < -0.39 is 0 Å². The third-order valence-electron chi connectivity index (χ3n) is 2.99. The second-order valence-electron chi connectivity index (χ2n) is 4.49. The first-order valence-electron chi connectivity index (χ1n) is 6.18. The molecule has 0 unspecified atom stereocenters. The number of nitrogens with zero attached hydrogens (tertiary/aromatic N) is 1. The van der Waals surface area contributed by atoms with Gasteiger partial charge in [0.05, 0.1) is 5.56 Å². The minimum atomic E-state index is -0.152. The Hall–Kier alpha value is -1.62. The molecule has 0 atom stereocenters. The maximum absolute atomic E-state index is 12.0. The SMILES string of the molecule is CCCc1c(N)nc(-c2ccc(C)c(Br)c2)[nH]c1=O. The highest BCUT2D eigenvalue weighted by Crippen LogP contribution is 2.23. The van der Waals surface area contributed by atoms with Gasteiger partial charge in [-0.2, -0.15) is 0 Å². The molecule has 1 heterocycles. The number of H-pyrrole nitrogens is 1. The molecular weight excluding hydrogens is 306 g/mol. The van der Waals surface area contributed by atoms with Crippen molar-refractivity contribution in [3.05, 3.63) is 44.2 Å². The number of nitrogen functional groups attached to an aromatic ring is 1. The summed E-state index contributed by atoms with van der Waals surface area (Å²) >= 11 is 3.47. The van der Waals surface area contributed by atoms with Crippen molar-refractivity contribution < 1.29 is 0 Å². The molecule has 0 saturated carbocycles. The van der Waals surface area contributed by atoms with Crippen LogP contribution in [0.1, 0.15) is 24.5 Å². The van der Waals surface area contributed by atoms with Gasteiger partial charge >= 0.3 is 0 Å². The largest absolute Gasteiger partial charge is 0.383 e. The van der Waals surface area contributed by atoms with Crippen LogP contribution in [0.5, 0.6) is 0 Å². The van der Waals surface area contributed by atoms with Crippen LogP contribution in [0.3, 0.4) is 0 Å². The Balaban J connectivity index is 2.52. The first kappa shape index (κ1) is 13.8. The number of rotatable bonds is 3. The predicted molar refractivity (Wildman–Crippen MR) is 81.1 cm³/mol. The van der Waals surface area contributed by atoms with Crippen LogP contribution in [-0.4, -0.2) is 9.97 Å². The zero-order chi connectivity index (χ0) is 14.0. The van der Waals surface area contributed by atoms with Gasteiger partial charge in [-0.15, -0.1) is 0 Å². The lowest BCUT2D eigenvalue weighted by atomic mass is 10.1. The molecule has 19 heavy (non-hydrogen) atoms. The van der Waals surface area contributed by atoms with E-state index in [1.54, 1.807) is 0 Å². The molecule has 2 aromatic rings. The lowest BCUT2D eigenvalue weighted by Gasteiger charge is -2.07. The summed E-state index contributed by atoms with van der Waals surface area (Å²) in [5, 5.41) is 0. The monoisotopic (exact) mass is 321 g/mol. The molecule has 0 saturated heterocycles. The summed E-state index contributed by atoms with van der Waals surface area (Å²) in [7, 11) is 0. The molecule has 0 aliphatic carbocycles. The van der Waals surface area contributed by atoms with Gasteiger partial charge in [-0.05, 0) is 25.0 Å². The highest BCUT2D eigenvalue weighted by atomic mass is 79.9. The summed E-state index contributed by atoms with van der Waals surface area (Å²) in [6.07, 6.45) is 1.51. The molecule has 1 aromatic carbocycles. The number of anilines is 1. The third-order valence-corrected chi connectivity index (χ3v) is 3.85. The Bertz CT molecular complexity index is 664. The van der Waals surface area contributed by atoms with E-state index >= 15 is 0 Å². The molecule has 4 nitrogen and oxygen atoms in total. The molecule has 0 aliphatic rings. The van der Waals surface area contributed by atoms with Crippen molar-refractivity contribution in [2.45, 2.75) is 26.7 Å². The summed E-state index contributed by atoms with van der Waals surface area (Å²) in [6.45, 7) is 4.01. The van der Waals surface area contributed by atoms with E-state index in [4.69, 9.17) is 5.73 Å². The molecule has 0 fully saturated rings. The third kappa shape index (κ3) is 2.87. The quantitative estimate of drug-likeness (QED) is 0.912. The van der Waals surface area contributed by atoms with Gasteiger partial charge in [0.15, 0.2) is 0 Å². The van der Waals surface area contributed by atoms with Crippen LogP contribution in [0.15, 0.2) is 27.5 Å². The molecule has 1 aromatic heterocycles. The molecule has 0 spiro atoms. The van der Waals surface area contributed by atoms with Gasteiger partial charge in [0, 0.05) is 10.0 Å². The Morgan fingerprint density at radius 2 is 2.16 bits per heavy atom. The number of aromatic nitrogens is 2. The van der Waals surface area contributed by atoms with Crippen molar-refractivity contribution in [2.24, 2.45) is 0 Å². The standard InChI is InChI=1S/C14H16BrN3O/c1-3-4-10-12(16)17-13(18-14(10)19)9-6-5-8(2)11(15)7-9/h5-7H,3-4H2,1-2H3,(H3,16,17,18,19). The molecule has 0 amide bonds. The van der Waals surface area contributed by atoms with Gasteiger partial charge in [0.1, 0.15) is 11.6 Å². The van der Waals surface area contributed by atoms with Crippen LogP contribution in [0.25, 0.3) is 11.4 Å². The molecule has 0 radical (unpaired) electrons. The van der Waals surface area contributed by atoms with Crippen molar-refractivity contribution in [1.29, 1.82) is 0 Å². The van der Waals surface area contributed by atoms with Crippen LogP contribution < -0.4 is 11.3 Å². The van der Waals surface area contributed by atoms with Crippen molar-refractivity contribution in [2.75, 3.05) is 5.73 Å². The Kier molecular flexibility index (Phi) is 4.04. The number of halogens is 1. The molecule has 0 aliphatic heterocycles. The Morgan fingerprint density at radius 3 is 2.74 bits per heavy atom. The van der Waals surface area contributed by atoms with E-state index in [0.29, 0.717) is 23.6 Å². The molecular formula is C14H16BrN3O. The summed E-state index contributed by atoms with van der Waals surface area (Å²) in [5.74, 6) is 0.820. The summed E-state index contributed by atoms with van der Waals surface area (Å²) in [4.78, 5) is 19.1. The van der Waals surface area contributed by atoms with E-state index in [-0.39, 0.29) is 5.56 Å². The molecule has 2 rings (SSSR count). The van der Waals surface area contributed by atoms with Crippen LogP contribution in [0.4, 0.5) is 5.82 Å². The Morgan fingerprint density at radius 1 is 1.42 bits per heavy atom. The highest BCUT2D eigenvalue weighted by Gasteiger charge is 2.10. The first-order valence-corrected chi connectivity index (χ1v) is 6.97. The number of hydrogen-bond acceptors (Lipinski definition) is 3. The number of aryl methyl sites for hydroxylation is 1. The fraction of sp³-hybridized carbons (Fsp3) is 0.286. The summed E-state index contributed by atoms with van der Waals surface area (Å²) < 4.78 is 0.976. The van der Waals surface area contributed by atoms with Crippen molar-refractivity contribution in [3.63, 3.8) is 0 Å². The topological polar surface area (TPSA) is 71.8 Å². The summed E-state index contributed by atoms with van der Waals surface area (Å²) in [5.41, 5.74) is 8.25. The van der Waals surface area contributed by atoms with Crippen LogP contribution >= 0.6 is 15.9 Å². The summed E-state index contributed by atoms with van der Waals surface area (Å²) in [6, 6.07) is 5.80. The van der Waals surface area contributed by atoms with Gasteiger partial charge in [0.25, 0.3) is 5.56 Å². The fourth-order valence-corrected chi connectivity index (χ4v) is 2.26. The minimum absolute atomic E-state index is 0.152. The average molecular weight is 322 g/mol. The van der Waals surface area contributed by atoms with E-state index in [9.17, 15) is 4.79 Å². The smallest absolute Gasteiger partial charge is 0.256 e. The Labute approximate surface area is 120 Å². The van der Waals surface area contributed by atoms with Crippen molar-refractivity contribution in [3.8, 4) is 11.4 Å². The molecule has 3 N–H and O–H groups in total. The number of nitrogens with one attached hydrogen (secondary N) is 1. The predicted octanol–water partition coefficient (Wildman–Crippen LogP) is 3.04. The van der Waals surface area contributed by atoms with Crippen molar-refractivity contribution in [1.82, 2.24) is 9.97 Å². The zero-order valence-corrected chi connectivity index (χ0v) is 12.5. The number of aromatic amines is 1. The maximum atomic E-state index is 12.0. The lowest BCUT2D eigenvalue weighted by Crippen LogP contribution is -2.18. The van der Waals surface area contributed by atoms with E-state index in [0.717, 1.165) is 22.0 Å². The number of benzene rings is 1. The van der Waals surface area contributed by atoms with Gasteiger partial charge in [0.2, 0.25) is 0 Å². The normalized spacial score (nSPS) is 10.7. The number of hydrogen-bond donors (Lipinski definition) is 2. The zero-order valence-electron chi connectivity index (χ0n) is 11.0. The van der Waals surface area contributed by atoms with Gasteiger partial charge in [-0.3, -0.25) is 4.79 Å². The van der Waals surface area contributed by atoms with Crippen LogP contribution in [0.2, 0.25) is 0 Å². The van der Waals surface area contributed by atoms with E-state index in [1.165, 1.54) is 0 Å². The second kappa shape index (κ2) is 5.57. The van der Waals surface area contributed by atoms with E-state index in [2.05, 4.69) is 25.9 Å². The minimum Gasteiger partial charge on any atom is -0.383 e. The fourth-order valence-electron chi connectivity index (χ4n) is 1.88. The van der Waals surface area contributed by atoms with Gasteiger partial charge < -0.3 is 10.7 Å². The van der Waals surface area contributed by atoms with Crippen molar-refractivity contribution >= 4 is 21.7 Å². The molecule has 0 bridgehead atoms. The average Bonchev–Trinajstić information content (AvgIpc) is 2.37. The molecule has 100 valence electrons. The first-order chi connectivity index (χ1) is 9.02. The maximum Gasteiger partial charge on any atom is 0.256 e. The van der Waals surface area contributed by atoms with Crippen LogP contribution in [0, 0.1) is 6.92 Å². The number of nitrogens with two attached hydrogens (primary N) is 1. The highest BCUT2D eigenvalue weighted by molar-refractivity contribution is 9.10. The lowest BCUT2D eigenvalue weighted by molar-refractivity contribution is 0.892. The van der Waals surface area contributed by atoms with Gasteiger partial charge in [-0.1, -0.05) is 41.4 Å². The van der Waals surface area contributed by atoms with Crippen LogP contribution in [-0.2, 0) is 6.42 Å². The molecule has 5 heteroatoms.